The largest absolute Gasteiger partial charge is 0.367 e. The number of aliphatic imine (C=N–C) groups is 1. The van der Waals surface area contributed by atoms with Gasteiger partial charge < -0.3 is 4.90 Å². The van der Waals surface area contributed by atoms with Crippen LogP contribution in [0, 0.1) is 29.6 Å². The van der Waals surface area contributed by atoms with Crippen molar-refractivity contribution in [2.24, 2.45) is 34.6 Å². The molecule has 0 N–H and O–H groups in total. The maximum Gasteiger partial charge on any atom is 0.0401 e. The van der Waals surface area contributed by atoms with Gasteiger partial charge in [0, 0.05) is 43.9 Å². The van der Waals surface area contributed by atoms with Gasteiger partial charge in [-0.25, -0.2) is 0 Å². The van der Waals surface area contributed by atoms with E-state index in [1.165, 1.54) is 29.7 Å². The zero-order chi connectivity index (χ0) is 21.4. The fourth-order valence-corrected chi connectivity index (χ4v) is 5.60. The highest BCUT2D eigenvalue weighted by molar-refractivity contribution is 5.71. The number of hydrogen-bond donors (Lipinski definition) is 0. The second kappa shape index (κ2) is 8.49. The van der Waals surface area contributed by atoms with Gasteiger partial charge in [-0.3, -0.25) is 4.99 Å². The standard InChI is InChI=1S/C29H34N2/c1-20-11-12-27-24(15-20)16-25-17-28(25)29(27)19-31(21(2)13-14-30-3)18-23-9-6-8-22-7-4-5-10-26(22)23/h4-14,16,20,22,25-26,28H,15,17-19H2,1-3H3/b21-13+,30-14-/t20-,22?,25?,26-,28+/m1/s1. The predicted octanol–water partition coefficient (Wildman–Crippen LogP) is 6.22. The lowest BCUT2D eigenvalue weighted by atomic mass is 9.79. The first-order valence-electron chi connectivity index (χ1n) is 11.8. The number of fused-ring (bicyclic) bond motifs is 3. The van der Waals surface area contributed by atoms with Crippen LogP contribution in [0.15, 0.2) is 99.8 Å². The Morgan fingerprint density at radius 3 is 2.84 bits per heavy atom. The van der Waals surface area contributed by atoms with Crippen molar-refractivity contribution in [3.8, 4) is 0 Å². The maximum absolute atomic E-state index is 4.21. The van der Waals surface area contributed by atoms with E-state index in [0.29, 0.717) is 17.8 Å². The Bertz CT molecular complexity index is 1010. The fourth-order valence-electron chi connectivity index (χ4n) is 5.60. The molecule has 0 radical (unpaired) electrons. The van der Waals surface area contributed by atoms with Gasteiger partial charge in [-0.15, -0.1) is 0 Å². The average molecular weight is 411 g/mol. The third-order valence-electron chi connectivity index (χ3n) is 7.48. The number of allylic oxidation sites excluding steroid dienone is 14. The van der Waals surface area contributed by atoms with Crippen LogP contribution >= 0.6 is 0 Å². The molecule has 31 heavy (non-hydrogen) atoms. The first-order valence-corrected chi connectivity index (χ1v) is 11.8. The summed E-state index contributed by atoms with van der Waals surface area (Å²) < 4.78 is 0. The Hall–Kier alpha value is -2.61. The van der Waals surface area contributed by atoms with Gasteiger partial charge in [0.15, 0.2) is 0 Å². The van der Waals surface area contributed by atoms with E-state index >= 15 is 0 Å². The molecule has 2 heteroatoms. The van der Waals surface area contributed by atoms with Gasteiger partial charge in [0.05, 0.1) is 0 Å². The van der Waals surface area contributed by atoms with Crippen LogP contribution in [0.25, 0.3) is 0 Å². The first-order chi connectivity index (χ1) is 15.1. The Morgan fingerprint density at radius 2 is 1.97 bits per heavy atom. The second-order valence-electron chi connectivity index (χ2n) is 9.75. The molecule has 0 amide bonds. The molecular formula is C29H34N2. The fraction of sp³-hybridized carbons (Fsp3) is 0.414. The van der Waals surface area contributed by atoms with Crippen molar-refractivity contribution < 1.29 is 0 Å². The first kappa shape index (κ1) is 20.3. The zero-order valence-electron chi connectivity index (χ0n) is 19.0. The number of rotatable bonds is 6. The molecule has 0 aromatic heterocycles. The van der Waals surface area contributed by atoms with E-state index in [2.05, 4.69) is 90.6 Å². The summed E-state index contributed by atoms with van der Waals surface area (Å²) in [7, 11) is 1.85. The normalized spacial score (nSPS) is 33.1. The monoisotopic (exact) mass is 410 g/mol. The van der Waals surface area contributed by atoms with Gasteiger partial charge in [0.1, 0.15) is 0 Å². The molecule has 5 rings (SSSR count). The topological polar surface area (TPSA) is 15.6 Å². The smallest absolute Gasteiger partial charge is 0.0401 e. The number of nitrogens with zero attached hydrogens (tertiary/aromatic N) is 2. The van der Waals surface area contributed by atoms with E-state index in [1.54, 1.807) is 11.1 Å². The van der Waals surface area contributed by atoms with Crippen LogP contribution in [0.1, 0.15) is 26.7 Å². The molecule has 0 spiro atoms. The summed E-state index contributed by atoms with van der Waals surface area (Å²) in [4.78, 5) is 6.79. The summed E-state index contributed by atoms with van der Waals surface area (Å²) in [6, 6.07) is 0. The molecular weight excluding hydrogens is 376 g/mol. The molecule has 0 aromatic carbocycles. The Balaban J connectivity index is 1.45. The van der Waals surface area contributed by atoms with Crippen molar-refractivity contribution in [3.05, 3.63) is 94.8 Å². The zero-order valence-corrected chi connectivity index (χ0v) is 19.0. The molecule has 2 unspecified atom stereocenters. The van der Waals surface area contributed by atoms with Crippen molar-refractivity contribution >= 4 is 6.21 Å². The minimum absolute atomic E-state index is 0.480. The Kier molecular flexibility index (Phi) is 5.56. The lowest BCUT2D eigenvalue weighted by Gasteiger charge is -2.35. The summed E-state index contributed by atoms with van der Waals surface area (Å²) in [6.07, 6.45) is 30.0. The minimum Gasteiger partial charge on any atom is -0.367 e. The molecule has 5 atom stereocenters. The van der Waals surface area contributed by atoms with Crippen LogP contribution in [-0.2, 0) is 0 Å². The van der Waals surface area contributed by atoms with E-state index in [9.17, 15) is 0 Å². The molecule has 0 heterocycles. The molecule has 5 aliphatic rings. The highest BCUT2D eigenvalue weighted by Crippen LogP contribution is 2.53. The van der Waals surface area contributed by atoms with Crippen molar-refractivity contribution in [1.82, 2.24) is 4.90 Å². The molecule has 160 valence electrons. The van der Waals surface area contributed by atoms with Crippen LogP contribution in [0.4, 0.5) is 0 Å². The minimum atomic E-state index is 0.480. The van der Waals surface area contributed by atoms with Crippen LogP contribution < -0.4 is 0 Å². The average Bonchev–Trinajstić information content (AvgIpc) is 3.56. The molecule has 0 saturated heterocycles. The molecule has 0 bridgehead atoms. The van der Waals surface area contributed by atoms with E-state index in [-0.39, 0.29) is 0 Å². The van der Waals surface area contributed by atoms with Crippen molar-refractivity contribution in [1.29, 1.82) is 0 Å². The van der Waals surface area contributed by atoms with Crippen molar-refractivity contribution in [2.45, 2.75) is 26.7 Å². The van der Waals surface area contributed by atoms with Gasteiger partial charge in [-0.2, -0.15) is 0 Å². The summed E-state index contributed by atoms with van der Waals surface area (Å²) in [5.74, 6) is 3.16. The second-order valence-corrected chi connectivity index (χ2v) is 9.75. The summed E-state index contributed by atoms with van der Waals surface area (Å²) in [6.45, 7) is 6.56. The lowest BCUT2D eigenvalue weighted by molar-refractivity contribution is 0.377. The summed E-state index contributed by atoms with van der Waals surface area (Å²) in [5, 5.41) is 0. The van der Waals surface area contributed by atoms with E-state index in [4.69, 9.17) is 0 Å². The Morgan fingerprint density at radius 1 is 1.13 bits per heavy atom. The predicted molar refractivity (Wildman–Crippen MR) is 132 cm³/mol. The summed E-state index contributed by atoms with van der Waals surface area (Å²) in [5.41, 5.74) is 7.60. The van der Waals surface area contributed by atoms with Gasteiger partial charge in [0.2, 0.25) is 0 Å². The molecule has 2 nitrogen and oxygen atoms in total. The number of hydrogen-bond acceptors (Lipinski definition) is 2. The SMILES string of the molecule is C/N=C\C=C(/C)N(CC1=CC=CC2C=CC=C[C@@H]12)CC1=C2C=C[C@@H](C)CC2=CC2C[C@H]12. The molecule has 0 aliphatic heterocycles. The third kappa shape index (κ3) is 4.13. The third-order valence-corrected chi connectivity index (χ3v) is 7.48. The van der Waals surface area contributed by atoms with Gasteiger partial charge in [-0.1, -0.05) is 67.7 Å². The molecule has 1 saturated carbocycles. The van der Waals surface area contributed by atoms with Crippen LogP contribution in [-0.4, -0.2) is 31.3 Å². The van der Waals surface area contributed by atoms with Gasteiger partial charge >= 0.3 is 0 Å². The van der Waals surface area contributed by atoms with Crippen LogP contribution in [0.2, 0.25) is 0 Å². The lowest BCUT2D eigenvalue weighted by Crippen LogP contribution is -2.32. The van der Waals surface area contributed by atoms with Crippen molar-refractivity contribution in [2.75, 3.05) is 20.1 Å². The summed E-state index contributed by atoms with van der Waals surface area (Å²) >= 11 is 0. The van der Waals surface area contributed by atoms with Crippen molar-refractivity contribution in [3.63, 3.8) is 0 Å². The van der Waals surface area contributed by atoms with E-state index < -0.39 is 0 Å². The quantitative estimate of drug-likeness (QED) is 0.475. The van der Waals surface area contributed by atoms with E-state index in [1.807, 2.05) is 13.3 Å². The van der Waals surface area contributed by atoms with E-state index in [0.717, 1.165) is 24.9 Å². The highest BCUT2D eigenvalue weighted by Gasteiger charge is 2.43. The maximum atomic E-state index is 4.21. The molecule has 5 aliphatic carbocycles. The van der Waals surface area contributed by atoms with Crippen LogP contribution in [0.3, 0.4) is 0 Å². The molecule has 0 aromatic rings. The van der Waals surface area contributed by atoms with Gasteiger partial charge in [-0.05, 0) is 65.9 Å². The Labute approximate surface area is 187 Å². The van der Waals surface area contributed by atoms with Gasteiger partial charge in [0.25, 0.3) is 0 Å². The molecule has 1 fully saturated rings. The highest BCUT2D eigenvalue weighted by atomic mass is 15.1. The van der Waals surface area contributed by atoms with Crippen LogP contribution in [0.5, 0.6) is 0 Å².